The molecule has 2 atom stereocenters. The summed E-state index contributed by atoms with van der Waals surface area (Å²) in [7, 11) is 0. The molecule has 86 valence electrons. The highest BCUT2D eigenvalue weighted by atomic mass is 16.5. The molecule has 0 fully saturated rings. The minimum absolute atomic E-state index is 0.200. The molecule has 0 amide bonds. The second-order valence-electron chi connectivity index (χ2n) is 3.74. The van der Waals surface area contributed by atoms with Crippen molar-refractivity contribution in [1.82, 2.24) is 0 Å². The zero-order valence-electron chi connectivity index (χ0n) is 9.85. The number of hydrogen-bond donors (Lipinski definition) is 0. The van der Waals surface area contributed by atoms with Gasteiger partial charge in [0, 0.05) is 0 Å². The van der Waals surface area contributed by atoms with E-state index in [1.807, 2.05) is 44.2 Å². The summed E-state index contributed by atoms with van der Waals surface area (Å²) in [5.74, 6) is -0.403. The first kappa shape index (κ1) is 12.5. The van der Waals surface area contributed by atoms with Gasteiger partial charge in [0.05, 0.1) is 5.92 Å². The summed E-state index contributed by atoms with van der Waals surface area (Å²) < 4.78 is 5.37. The van der Waals surface area contributed by atoms with Crippen molar-refractivity contribution in [3.63, 3.8) is 0 Å². The Balaban J connectivity index is 2.61. The first-order chi connectivity index (χ1) is 7.69. The number of carbonyl (C=O) groups is 1. The highest BCUT2D eigenvalue weighted by molar-refractivity contribution is 5.74. The Morgan fingerprint density at radius 2 is 2.06 bits per heavy atom. The highest BCUT2D eigenvalue weighted by Gasteiger charge is 2.17. The number of rotatable bonds is 5. The van der Waals surface area contributed by atoms with Gasteiger partial charge in [-0.2, -0.15) is 0 Å². The summed E-state index contributed by atoms with van der Waals surface area (Å²) in [6, 6.07) is 9.71. The van der Waals surface area contributed by atoms with Crippen molar-refractivity contribution in [1.29, 1.82) is 0 Å². The van der Waals surface area contributed by atoms with Crippen LogP contribution < -0.4 is 0 Å². The normalized spacial score (nSPS) is 13.9. The molecule has 0 spiro atoms. The van der Waals surface area contributed by atoms with Crippen molar-refractivity contribution < 1.29 is 9.53 Å². The fourth-order valence-corrected chi connectivity index (χ4v) is 1.48. The van der Waals surface area contributed by atoms with Crippen LogP contribution in [0, 0.1) is 5.92 Å². The Morgan fingerprint density at radius 1 is 1.44 bits per heavy atom. The maximum Gasteiger partial charge on any atom is 0.313 e. The molecule has 0 saturated carbocycles. The van der Waals surface area contributed by atoms with Gasteiger partial charge in [0.1, 0.15) is 6.10 Å². The summed E-state index contributed by atoms with van der Waals surface area (Å²) >= 11 is 0. The molecule has 0 aliphatic heterocycles. The van der Waals surface area contributed by atoms with E-state index in [0.29, 0.717) is 0 Å². The lowest BCUT2D eigenvalue weighted by molar-refractivity contribution is -0.151. The standard InChI is InChI=1S/C14H18O2/c1-4-12(5-2)14(15)16-11(3)13-9-7-6-8-10-13/h4,6-12H,1,5H2,2-3H3/t11-,12-/m1/s1. The van der Waals surface area contributed by atoms with Crippen LogP contribution in [0.25, 0.3) is 0 Å². The maximum atomic E-state index is 11.7. The Morgan fingerprint density at radius 3 is 2.56 bits per heavy atom. The van der Waals surface area contributed by atoms with Gasteiger partial charge in [0.25, 0.3) is 0 Å². The lowest BCUT2D eigenvalue weighted by Gasteiger charge is -2.16. The highest BCUT2D eigenvalue weighted by Crippen LogP contribution is 2.19. The van der Waals surface area contributed by atoms with Crippen molar-refractivity contribution in [2.45, 2.75) is 26.4 Å². The molecule has 2 heteroatoms. The number of carbonyl (C=O) groups excluding carboxylic acids is 1. The van der Waals surface area contributed by atoms with Crippen LogP contribution in [0.1, 0.15) is 31.9 Å². The molecular weight excluding hydrogens is 200 g/mol. The summed E-state index contributed by atoms with van der Waals surface area (Å²) in [6.45, 7) is 7.46. The predicted octanol–water partition coefficient (Wildman–Crippen LogP) is 3.50. The fraction of sp³-hybridized carbons (Fsp3) is 0.357. The van der Waals surface area contributed by atoms with Crippen LogP contribution in [0.3, 0.4) is 0 Å². The molecule has 0 aliphatic rings. The average Bonchev–Trinajstić information content (AvgIpc) is 2.31. The van der Waals surface area contributed by atoms with Crippen LogP contribution in [-0.4, -0.2) is 5.97 Å². The van der Waals surface area contributed by atoms with Gasteiger partial charge in [0.2, 0.25) is 0 Å². The minimum atomic E-state index is -0.206. The summed E-state index contributed by atoms with van der Waals surface area (Å²) in [5, 5.41) is 0. The third-order valence-corrected chi connectivity index (χ3v) is 2.59. The van der Waals surface area contributed by atoms with Crippen LogP contribution in [0.5, 0.6) is 0 Å². The van der Waals surface area contributed by atoms with Gasteiger partial charge in [-0.25, -0.2) is 0 Å². The molecule has 2 nitrogen and oxygen atoms in total. The molecule has 0 aromatic heterocycles. The van der Waals surface area contributed by atoms with Crippen LogP contribution in [-0.2, 0) is 9.53 Å². The zero-order chi connectivity index (χ0) is 12.0. The topological polar surface area (TPSA) is 26.3 Å². The Labute approximate surface area is 96.9 Å². The summed E-state index contributed by atoms with van der Waals surface area (Å²) in [5.41, 5.74) is 1.01. The average molecular weight is 218 g/mol. The van der Waals surface area contributed by atoms with Gasteiger partial charge in [0.15, 0.2) is 0 Å². The van der Waals surface area contributed by atoms with E-state index in [-0.39, 0.29) is 18.0 Å². The molecule has 0 bridgehead atoms. The monoisotopic (exact) mass is 218 g/mol. The molecule has 0 heterocycles. The van der Waals surface area contributed by atoms with E-state index in [2.05, 4.69) is 6.58 Å². The van der Waals surface area contributed by atoms with Crippen LogP contribution in [0.4, 0.5) is 0 Å². The van der Waals surface area contributed by atoms with E-state index in [0.717, 1.165) is 12.0 Å². The second kappa shape index (κ2) is 6.11. The SMILES string of the molecule is C=C[C@H](CC)C(=O)O[C@H](C)c1ccccc1. The molecule has 0 aliphatic carbocycles. The predicted molar refractivity (Wildman–Crippen MR) is 64.9 cm³/mol. The number of esters is 1. The molecule has 16 heavy (non-hydrogen) atoms. The first-order valence-corrected chi connectivity index (χ1v) is 5.57. The van der Waals surface area contributed by atoms with Crippen molar-refractivity contribution in [3.8, 4) is 0 Å². The molecule has 0 saturated heterocycles. The van der Waals surface area contributed by atoms with E-state index in [1.165, 1.54) is 0 Å². The number of benzene rings is 1. The zero-order valence-corrected chi connectivity index (χ0v) is 9.85. The smallest absolute Gasteiger partial charge is 0.313 e. The van der Waals surface area contributed by atoms with Gasteiger partial charge in [-0.05, 0) is 18.9 Å². The lowest BCUT2D eigenvalue weighted by atomic mass is 10.1. The molecule has 1 aromatic rings. The Bertz CT molecular complexity index is 343. The van der Waals surface area contributed by atoms with E-state index in [1.54, 1.807) is 6.08 Å². The van der Waals surface area contributed by atoms with Crippen molar-refractivity contribution in [3.05, 3.63) is 48.6 Å². The lowest BCUT2D eigenvalue weighted by Crippen LogP contribution is -2.17. The van der Waals surface area contributed by atoms with Crippen LogP contribution in [0.15, 0.2) is 43.0 Å². The van der Waals surface area contributed by atoms with Crippen molar-refractivity contribution in [2.24, 2.45) is 5.92 Å². The molecule has 0 N–H and O–H groups in total. The Hall–Kier alpha value is -1.57. The third-order valence-electron chi connectivity index (χ3n) is 2.59. The first-order valence-electron chi connectivity index (χ1n) is 5.57. The quantitative estimate of drug-likeness (QED) is 0.558. The van der Waals surface area contributed by atoms with E-state index < -0.39 is 0 Å². The molecule has 0 radical (unpaired) electrons. The van der Waals surface area contributed by atoms with Gasteiger partial charge < -0.3 is 4.74 Å². The van der Waals surface area contributed by atoms with Gasteiger partial charge in [-0.3, -0.25) is 4.79 Å². The summed E-state index contributed by atoms with van der Waals surface area (Å²) in [6.07, 6.45) is 2.16. The van der Waals surface area contributed by atoms with Gasteiger partial charge >= 0.3 is 5.97 Å². The number of hydrogen-bond acceptors (Lipinski definition) is 2. The Kier molecular flexibility index (Phi) is 4.77. The maximum absolute atomic E-state index is 11.7. The van der Waals surface area contributed by atoms with Gasteiger partial charge in [-0.15, -0.1) is 6.58 Å². The summed E-state index contributed by atoms with van der Waals surface area (Å²) in [4.78, 5) is 11.7. The van der Waals surface area contributed by atoms with Gasteiger partial charge in [-0.1, -0.05) is 43.3 Å². The van der Waals surface area contributed by atoms with E-state index in [4.69, 9.17) is 4.74 Å². The van der Waals surface area contributed by atoms with Crippen molar-refractivity contribution in [2.75, 3.05) is 0 Å². The molecular formula is C14H18O2. The third kappa shape index (κ3) is 3.23. The second-order valence-corrected chi connectivity index (χ2v) is 3.74. The van der Waals surface area contributed by atoms with Crippen molar-refractivity contribution >= 4 is 5.97 Å². The number of ether oxygens (including phenoxy) is 1. The largest absolute Gasteiger partial charge is 0.457 e. The molecule has 1 rings (SSSR count). The minimum Gasteiger partial charge on any atom is -0.457 e. The van der Waals surface area contributed by atoms with E-state index in [9.17, 15) is 4.79 Å². The van der Waals surface area contributed by atoms with Crippen LogP contribution in [0.2, 0.25) is 0 Å². The van der Waals surface area contributed by atoms with E-state index >= 15 is 0 Å². The van der Waals surface area contributed by atoms with Crippen LogP contribution >= 0.6 is 0 Å². The fourth-order valence-electron chi connectivity index (χ4n) is 1.48. The molecule has 0 unspecified atom stereocenters. The molecule has 1 aromatic carbocycles.